The molecular weight excluding hydrogens is 200 g/mol. The van der Waals surface area contributed by atoms with Crippen LogP contribution in [0.5, 0.6) is 5.75 Å². The van der Waals surface area contributed by atoms with Crippen LogP contribution in [-0.4, -0.2) is 20.8 Å². The third kappa shape index (κ3) is 2.74. The smallest absolute Gasteiger partial charge is 0.126 e. The molecule has 0 saturated carbocycles. The lowest BCUT2D eigenvalue weighted by atomic mass is 9.99. The van der Waals surface area contributed by atoms with Crippen LogP contribution in [0.3, 0.4) is 0 Å². The molecule has 0 amide bonds. The molecule has 3 nitrogen and oxygen atoms in total. The maximum Gasteiger partial charge on any atom is 0.126 e. The largest absolute Gasteiger partial charge is 0.496 e. The van der Waals surface area contributed by atoms with Crippen LogP contribution in [0.4, 0.5) is 0 Å². The Kier molecular flexibility index (Phi) is 4.77. The van der Waals surface area contributed by atoms with Gasteiger partial charge in [-0.1, -0.05) is 6.07 Å². The van der Waals surface area contributed by atoms with Gasteiger partial charge in [-0.3, -0.25) is 0 Å². The fraction of sp³-hybridized carbons (Fsp3) is 0.538. The van der Waals surface area contributed by atoms with Gasteiger partial charge in [0.2, 0.25) is 0 Å². The van der Waals surface area contributed by atoms with E-state index in [1.165, 1.54) is 22.3 Å². The number of hydrogen-bond donors (Lipinski definition) is 2. The molecule has 0 aliphatic heterocycles. The quantitative estimate of drug-likeness (QED) is 0.589. The lowest BCUT2D eigenvalue weighted by molar-refractivity contribution is 0.403. The SMILES string of the molecule is CNCNCc1c(C)cc(C)c(C)c1OC. The predicted molar refractivity (Wildman–Crippen MR) is 68.0 cm³/mol. The lowest BCUT2D eigenvalue weighted by Crippen LogP contribution is -2.25. The van der Waals surface area contributed by atoms with Crippen LogP contribution in [0, 0.1) is 20.8 Å². The molecule has 0 radical (unpaired) electrons. The molecule has 1 aromatic rings. The summed E-state index contributed by atoms with van der Waals surface area (Å²) < 4.78 is 5.51. The summed E-state index contributed by atoms with van der Waals surface area (Å²) in [4.78, 5) is 0. The molecule has 16 heavy (non-hydrogen) atoms. The summed E-state index contributed by atoms with van der Waals surface area (Å²) in [6.45, 7) is 7.99. The second-order valence-electron chi connectivity index (χ2n) is 4.10. The highest BCUT2D eigenvalue weighted by molar-refractivity contribution is 5.49. The van der Waals surface area contributed by atoms with Gasteiger partial charge in [-0.05, 0) is 44.5 Å². The van der Waals surface area contributed by atoms with E-state index in [0.29, 0.717) is 0 Å². The zero-order valence-corrected chi connectivity index (χ0v) is 10.9. The Morgan fingerprint density at radius 3 is 2.44 bits per heavy atom. The summed E-state index contributed by atoms with van der Waals surface area (Å²) in [5.41, 5.74) is 5.05. The molecule has 0 bridgehead atoms. The van der Waals surface area contributed by atoms with E-state index >= 15 is 0 Å². The van der Waals surface area contributed by atoms with Crippen molar-refractivity contribution in [2.75, 3.05) is 20.8 Å². The van der Waals surface area contributed by atoms with Crippen molar-refractivity contribution < 1.29 is 4.74 Å². The highest BCUT2D eigenvalue weighted by Crippen LogP contribution is 2.29. The fourth-order valence-electron chi connectivity index (χ4n) is 1.91. The molecule has 0 atom stereocenters. The zero-order chi connectivity index (χ0) is 12.1. The van der Waals surface area contributed by atoms with Gasteiger partial charge in [-0.2, -0.15) is 0 Å². The molecule has 0 spiro atoms. The topological polar surface area (TPSA) is 33.3 Å². The van der Waals surface area contributed by atoms with Gasteiger partial charge in [0.25, 0.3) is 0 Å². The molecule has 0 aromatic heterocycles. The van der Waals surface area contributed by atoms with Crippen molar-refractivity contribution in [3.05, 3.63) is 28.3 Å². The zero-order valence-electron chi connectivity index (χ0n) is 10.9. The van der Waals surface area contributed by atoms with Gasteiger partial charge < -0.3 is 15.4 Å². The van der Waals surface area contributed by atoms with Crippen LogP contribution < -0.4 is 15.4 Å². The first kappa shape index (κ1) is 13.0. The van der Waals surface area contributed by atoms with E-state index in [0.717, 1.165) is 19.0 Å². The maximum absolute atomic E-state index is 5.51. The first-order chi connectivity index (χ1) is 7.61. The Morgan fingerprint density at radius 2 is 1.88 bits per heavy atom. The highest BCUT2D eigenvalue weighted by atomic mass is 16.5. The van der Waals surface area contributed by atoms with Crippen molar-refractivity contribution >= 4 is 0 Å². The summed E-state index contributed by atoms with van der Waals surface area (Å²) in [6, 6.07) is 2.22. The Balaban J connectivity index is 3.01. The second kappa shape index (κ2) is 5.87. The molecule has 0 aliphatic rings. The molecule has 0 heterocycles. The van der Waals surface area contributed by atoms with Gasteiger partial charge in [0, 0.05) is 18.8 Å². The molecule has 90 valence electrons. The van der Waals surface area contributed by atoms with Gasteiger partial charge in [0.1, 0.15) is 5.75 Å². The number of ether oxygens (including phenoxy) is 1. The predicted octanol–water partition coefficient (Wildman–Crippen LogP) is 1.89. The van der Waals surface area contributed by atoms with Crippen LogP contribution in [0.25, 0.3) is 0 Å². The molecule has 0 saturated heterocycles. The minimum atomic E-state index is 0.801. The fourth-order valence-corrected chi connectivity index (χ4v) is 1.91. The van der Waals surface area contributed by atoms with Crippen molar-refractivity contribution in [1.29, 1.82) is 0 Å². The van der Waals surface area contributed by atoms with E-state index in [1.54, 1.807) is 7.11 Å². The molecule has 0 unspecified atom stereocenters. The summed E-state index contributed by atoms with van der Waals surface area (Å²) >= 11 is 0. The van der Waals surface area contributed by atoms with Crippen molar-refractivity contribution in [2.45, 2.75) is 27.3 Å². The minimum absolute atomic E-state index is 0.801. The molecule has 1 aromatic carbocycles. The lowest BCUT2D eigenvalue weighted by Gasteiger charge is -2.17. The molecule has 3 heteroatoms. The average Bonchev–Trinajstić information content (AvgIpc) is 2.26. The van der Waals surface area contributed by atoms with Crippen LogP contribution in [0.2, 0.25) is 0 Å². The van der Waals surface area contributed by atoms with Gasteiger partial charge >= 0.3 is 0 Å². The molecule has 0 fully saturated rings. The van der Waals surface area contributed by atoms with Crippen molar-refractivity contribution in [3.63, 3.8) is 0 Å². The molecule has 0 aliphatic carbocycles. The van der Waals surface area contributed by atoms with Crippen molar-refractivity contribution in [2.24, 2.45) is 0 Å². The van der Waals surface area contributed by atoms with E-state index < -0.39 is 0 Å². The van der Waals surface area contributed by atoms with Crippen molar-refractivity contribution in [3.8, 4) is 5.75 Å². The van der Waals surface area contributed by atoms with Crippen LogP contribution in [0.15, 0.2) is 6.07 Å². The first-order valence-corrected chi connectivity index (χ1v) is 5.60. The van der Waals surface area contributed by atoms with Gasteiger partial charge in [0.05, 0.1) is 7.11 Å². The highest BCUT2D eigenvalue weighted by Gasteiger charge is 2.11. The minimum Gasteiger partial charge on any atom is -0.496 e. The second-order valence-corrected chi connectivity index (χ2v) is 4.10. The normalized spacial score (nSPS) is 10.6. The monoisotopic (exact) mass is 222 g/mol. The van der Waals surface area contributed by atoms with Gasteiger partial charge in [-0.25, -0.2) is 0 Å². The number of methoxy groups -OCH3 is 1. The summed E-state index contributed by atoms with van der Waals surface area (Å²) in [7, 11) is 3.67. The number of nitrogens with one attached hydrogen (secondary N) is 2. The van der Waals surface area contributed by atoms with Gasteiger partial charge in [0.15, 0.2) is 0 Å². The van der Waals surface area contributed by atoms with Crippen LogP contribution >= 0.6 is 0 Å². The molecular formula is C13H22N2O. The molecule has 1 rings (SSSR count). The Bertz CT molecular complexity index is 361. The first-order valence-electron chi connectivity index (χ1n) is 5.60. The van der Waals surface area contributed by atoms with E-state index in [9.17, 15) is 0 Å². The van der Waals surface area contributed by atoms with Crippen LogP contribution in [-0.2, 0) is 6.54 Å². The maximum atomic E-state index is 5.51. The summed E-state index contributed by atoms with van der Waals surface area (Å²) in [5, 5.41) is 6.39. The third-order valence-electron chi connectivity index (χ3n) is 2.92. The Morgan fingerprint density at radius 1 is 1.19 bits per heavy atom. The number of aryl methyl sites for hydroxylation is 2. The third-order valence-corrected chi connectivity index (χ3v) is 2.92. The average molecular weight is 222 g/mol. The van der Waals surface area contributed by atoms with E-state index in [4.69, 9.17) is 4.74 Å². The summed E-state index contributed by atoms with van der Waals surface area (Å²) in [6.07, 6.45) is 0. The standard InChI is InChI=1S/C13H22N2O/c1-9-6-10(2)12(7-15-8-14-4)13(16-5)11(9)3/h6,14-15H,7-8H2,1-5H3. The van der Waals surface area contributed by atoms with Gasteiger partial charge in [-0.15, -0.1) is 0 Å². The Labute approximate surface area is 98.2 Å². The Hall–Kier alpha value is -1.06. The number of hydrogen-bond acceptors (Lipinski definition) is 3. The summed E-state index contributed by atoms with van der Waals surface area (Å²) in [5.74, 6) is 1.01. The number of benzene rings is 1. The van der Waals surface area contributed by atoms with E-state index in [2.05, 4.69) is 37.5 Å². The van der Waals surface area contributed by atoms with Crippen molar-refractivity contribution in [1.82, 2.24) is 10.6 Å². The van der Waals surface area contributed by atoms with E-state index in [1.807, 2.05) is 7.05 Å². The van der Waals surface area contributed by atoms with E-state index in [-0.39, 0.29) is 0 Å². The van der Waals surface area contributed by atoms with Crippen LogP contribution in [0.1, 0.15) is 22.3 Å². The molecule has 2 N–H and O–H groups in total. The number of rotatable bonds is 5.